The van der Waals surface area contributed by atoms with Gasteiger partial charge in [0.25, 0.3) is 0 Å². The molecule has 0 heterocycles. The van der Waals surface area contributed by atoms with Gasteiger partial charge < -0.3 is 14.8 Å². The van der Waals surface area contributed by atoms with Gasteiger partial charge in [-0.15, -0.1) is 0 Å². The molecule has 0 spiro atoms. The summed E-state index contributed by atoms with van der Waals surface area (Å²) in [4.78, 5) is 24.1. The third-order valence-electron chi connectivity index (χ3n) is 2.65. The van der Waals surface area contributed by atoms with Gasteiger partial charge in [0.05, 0.1) is 0 Å². The summed E-state index contributed by atoms with van der Waals surface area (Å²) in [5.74, 6) is -0.527. The Balaban J connectivity index is 2.67. The van der Waals surface area contributed by atoms with Crippen LogP contribution in [0.4, 0.5) is 4.79 Å². The van der Waals surface area contributed by atoms with Gasteiger partial charge in [0.1, 0.15) is 18.2 Å². The number of hydrogen-bond donors (Lipinski definition) is 1. The van der Waals surface area contributed by atoms with E-state index in [4.69, 9.17) is 9.47 Å². The lowest BCUT2D eigenvalue weighted by Gasteiger charge is -2.22. The van der Waals surface area contributed by atoms with Crippen molar-refractivity contribution in [1.29, 1.82) is 0 Å². The number of hydrogen-bond acceptors (Lipinski definition) is 4. The third-order valence-corrected chi connectivity index (χ3v) is 2.65. The van der Waals surface area contributed by atoms with Gasteiger partial charge >= 0.3 is 12.1 Å². The van der Waals surface area contributed by atoms with Crippen LogP contribution in [0.1, 0.15) is 40.2 Å². The normalized spacial score (nSPS) is 12.0. The molecule has 1 N–H and O–H groups in total. The highest BCUT2D eigenvalue weighted by Crippen LogP contribution is 2.08. The molecule has 0 saturated heterocycles. The van der Waals surface area contributed by atoms with Crippen LogP contribution in [0.25, 0.3) is 0 Å². The second kappa shape index (κ2) is 8.36. The number of esters is 1. The van der Waals surface area contributed by atoms with Crippen LogP contribution in [-0.4, -0.2) is 23.7 Å². The smallest absolute Gasteiger partial charge is 0.408 e. The lowest BCUT2D eigenvalue weighted by atomic mass is 10.2. The van der Waals surface area contributed by atoms with Crippen LogP contribution < -0.4 is 5.32 Å². The van der Waals surface area contributed by atoms with E-state index in [2.05, 4.69) is 5.32 Å². The summed E-state index contributed by atoms with van der Waals surface area (Å²) in [7, 11) is 0. The first-order chi connectivity index (χ1) is 10.7. The minimum Gasteiger partial charge on any atom is -0.459 e. The maximum atomic E-state index is 12.2. The van der Waals surface area contributed by atoms with Crippen LogP contribution >= 0.6 is 0 Å². The molecule has 0 aromatic heterocycles. The van der Waals surface area contributed by atoms with Gasteiger partial charge in [0.15, 0.2) is 0 Å². The summed E-state index contributed by atoms with van der Waals surface area (Å²) < 4.78 is 10.4. The molecule has 0 aliphatic rings. The summed E-state index contributed by atoms with van der Waals surface area (Å²) in [5.41, 5.74) is 1.14. The zero-order valence-corrected chi connectivity index (χ0v) is 14.4. The molecule has 5 heteroatoms. The number of rotatable bonds is 5. The molecule has 1 aromatic rings. The number of ether oxygens (including phenoxy) is 2. The maximum absolute atomic E-state index is 12.2. The predicted octanol–water partition coefficient (Wildman–Crippen LogP) is 3.59. The first kappa shape index (κ1) is 18.7. The van der Waals surface area contributed by atoms with E-state index in [0.29, 0.717) is 0 Å². The van der Waals surface area contributed by atoms with Gasteiger partial charge in [-0.05, 0) is 40.2 Å². The van der Waals surface area contributed by atoms with Crippen molar-refractivity contribution in [3.05, 3.63) is 47.5 Å². The standard InChI is InChI=1S/C18H25NO4/c1-13(2)11-15(19-17(21)23-18(3,4)5)16(20)22-12-14-9-7-6-8-10-14/h6-11,15H,12H2,1-5H3,(H,19,21). The average molecular weight is 319 g/mol. The zero-order chi connectivity index (χ0) is 17.5. The highest BCUT2D eigenvalue weighted by Gasteiger charge is 2.23. The monoisotopic (exact) mass is 319 g/mol. The van der Waals surface area contributed by atoms with E-state index < -0.39 is 23.7 Å². The van der Waals surface area contributed by atoms with Gasteiger partial charge in [0, 0.05) is 0 Å². The van der Waals surface area contributed by atoms with Crippen LogP contribution in [0, 0.1) is 0 Å². The predicted molar refractivity (Wildman–Crippen MR) is 88.8 cm³/mol. The van der Waals surface area contributed by atoms with Crippen LogP contribution in [0.5, 0.6) is 0 Å². The maximum Gasteiger partial charge on any atom is 0.408 e. The van der Waals surface area contributed by atoms with Gasteiger partial charge in [-0.25, -0.2) is 9.59 Å². The molecule has 5 nitrogen and oxygen atoms in total. The Morgan fingerprint density at radius 1 is 1.17 bits per heavy atom. The van der Waals surface area contributed by atoms with Crippen molar-refractivity contribution < 1.29 is 19.1 Å². The van der Waals surface area contributed by atoms with Gasteiger partial charge in [0.2, 0.25) is 0 Å². The van der Waals surface area contributed by atoms with Gasteiger partial charge in [-0.2, -0.15) is 0 Å². The Bertz CT molecular complexity index is 554. The van der Waals surface area contributed by atoms with Crippen molar-refractivity contribution in [3.63, 3.8) is 0 Å². The van der Waals surface area contributed by atoms with E-state index in [-0.39, 0.29) is 6.61 Å². The molecule has 0 saturated carbocycles. The van der Waals surface area contributed by atoms with E-state index in [1.54, 1.807) is 26.8 Å². The Hall–Kier alpha value is -2.30. The van der Waals surface area contributed by atoms with Crippen molar-refractivity contribution in [2.24, 2.45) is 0 Å². The topological polar surface area (TPSA) is 64.6 Å². The third kappa shape index (κ3) is 8.04. The van der Waals surface area contributed by atoms with Crippen LogP contribution in [0.15, 0.2) is 42.0 Å². The summed E-state index contributed by atoms with van der Waals surface area (Å²) in [6, 6.07) is 8.49. The fourth-order valence-corrected chi connectivity index (χ4v) is 1.75. The Labute approximate surface area is 137 Å². The van der Waals surface area contributed by atoms with E-state index in [0.717, 1.165) is 11.1 Å². The number of amides is 1. The Morgan fingerprint density at radius 3 is 2.30 bits per heavy atom. The number of carbonyl (C=O) groups is 2. The van der Waals surface area contributed by atoms with Gasteiger partial charge in [-0.1, -0.05) is 42.0 Å². The number of nitrogens with one attached hydrogen (secondary N) is 1. The van der Waals surface area contributed by atoms with E-state index in [1.165, 1.54) is 0 Å². The molecule has 23 heavy (non-hydrogen) atoms. The SMILES string of the molecule is CC(C)=CC(NC(=O)OC(C)(C)C)C(=O)OCc1ccccc1. The van der Waals surface area contributed by atoms with E-state index in [1.807, 2.05) is 44.2 Å². The molecule has 0 aliphatic carbocycles. The minimum absolute atomic E-state index is 0.156. The molecule has 0 fully saturated rings. The number of benzene rings is 1. The molecular formula is C18H25NO4. The van der Waals surface area contributed by atoms with Crippen LogP contribution in [-0.2, 0) is 20.9 Å². The first-order valence-corrected chi connectivity index (χ1v) is 7.52. The Morgan fingerprint density at radius 2 is 1.78 bits per heavy atom. The fourth-order valence-electron chi connectivity index (χ4n) is 1.75. The summed E-state index contributed by atoms with van der Waals surface area (Å²) in [6.45, 7) is 9.12. The van der Waals surface area contributed by atoms with E-state index in [9.17, 15) is 9.59 Å². The molecule has 0 radical (unpaired) electrons. The first-order valence-electron chi connectivity index (χ1n) is 7.52. The summed E-state index contributed by atoms with van der Waals surface area (Å²) >= 11 is 0. The highest BCUT2D eigenvalue weighted by molar-refractivity contribution is 5.83. The molecule has 0 aliphatic heterocycles. The van der Waals surface area contributed by atoms with E-state index >= 15 is 0 Å². The van der Waals surface area contributed by atoms with Crippen molar-refractivity contribution in [1.82, 2.24) is 5.32 Å². The Kier molecular flexibility index (Phi) is 6.82. The minimum atomic E-state index is -0.876. The van der Waals surface area contributed by atoms with Crippen molar-refractivity contribution in [3.8, 4) is 0 Å². The molecule has 1 unspecified atom stereocenters. The molecule has 1 amide bonds. The van der Waals surface area contributed by atoms with Crippen LogP contribution in [0.3, 0.4) is 0 Å². The molecule has 126 valence electrons. The second-order valence-electron chi connectivity index (χ2n) is 6.46. The van der Waals surface area contributed by atoms with Crippen LogP contribution in [0.2, 0.25) is 0 Å². The zero-order valence-electron chi connectivity index (χ0n) is 14.4. The molecular weight excluding hydrogens is 294 g/mol. The number of allylic oxidation sites excluding steroid dienone is 1. The highest BCUT2D eigenvalue weighted by atomic mass is 16.6. The quantitative estimate of drug-likeness (QED) is 0.665. The second-order valence-corrected chi connectivity index (χ2v) is 6.46. The number of alkyl carbamates (subject to hydrolysis) is 1. The van der Waals surface area contributed by atoms with Crippen molar-refractivity contribution in [2.75, 3.05) is 0 Å². The molecule has 0 bridgehead atoms. The largest absolute Gasteiger partial charge is 0.459 e. The average Bonchev–Trinajstić information content (AvgIpc) is 2.42. The van der Waals surface area contributed by atoms with Crippen molar-refractivity contribution in [2.45, 2.75) is 52.9 Å². The molecule has 1 aromatic carbocycles. The number of carbonyl (C=O) groups excluding carboxylic acids is 2. The van der Waals surface area contributed by atoms with Gasteiger partial charge in [-0.3, -0.25) is 0 Å². The summed E-state index contributed by atoms with van der Waals surface area (Å²) in [5, 5.41) is 2.53. The molecule has 1 rings (SSSR count). The van der Waals surface area contributed by atoms with Crippen molar-refractivity contribution >= 4 is 12.1 Å². The summed E-state index contributed by atoms with van der Waals surface area (Å²) in [6.07, 6.45) is 0.980. The lowest BCUT2D eigenvalue weighted by molar-refractivity contribution is -0.146. The lowest BCUT2D eigenvalue weighted by Crippen LogP contribution is -2.43. The fraction of sp³-hybridized carbons (Fsp3) is 0.444. The molecule has 1 atom stereocenters.